The van der Waals surface area contributed by atoms with Gasteiger partial charge in [0.15, 0.2) is 6.61 Å². The van der Waals surface area contributed by atoms with Gasteiger partial charge in [-0.15, -0.1) is 11.3 Å². The van der Waals surface area contributed by atoms with Crippen LogP contribution in [-0.2, 0) is 19.6 Å². The zero-order valence-electron chi connectivity index (χ0n) is 16.2. The lowest BCUT2D eigenvalue weighted by Gasteiger charge is -2.19. The Morgan fingerprint density at radius 3 is 2.43 bits per heavy atom. The number of carbonyl (C=O) groups excluding carboxylic acids is 3. The smallest absolute Gasteiger partial charge is 0.340 e. The Balaban J connectivity index is 2.12. The number of hydrogen-bond donors (Lipinski definition) is 2. The first kappa shape index (κ1) is 23.8. The molecule has 0 bridgehead atoms. The average Bonchev–Trinajstić information content (AvgIpc) is 3.15. The lowest BCUT2D eigenvalue weighted by atomic mass is 10.2. The highest BCUT2D eigenvalue weighted by molar-refractivity contribution is 7.89. The second kappa shape index (κ2) is 10.0. The van der Waals surface area contributed by atoms with Crippen LogP contribution in [0.2, 0.25) is 5.02 Å². The molecule has 2 aromatic rings. The first-order valence-electron chi connectivity index (χ1n) is 8.75. The quantitative estimate of drug-likeness (QED) is 0.536. The number of carbonyl (C=O) groups is 3. The van der Waals surface area contributed by atoms with Gasteiger partial charge in [-0.3, -0.25) is 9.59 Å². The van der Waals surface area contributed by atoms with Crippen molar-refractivity contribution in [3.8, 4) is 0 Å². The number of sulfonamides is 1. The molecular formula is C18H20ClN3O6S2. The third-order valence-corrected chi connectivity index (χ3v) is 7.22. The fourth-order valence-electron chi connectivity index (χ4n) is 2.51. The fraction of sp³-hybridized carbons (Fsp3) is 0.278. The Labute approximate surface area is 182 Å². The minimum Gasteiger partial charge on any atom is -0.452 e. The van der Waals surface area contributed by atoms with E-state index in [2.05, 4.69) is 5.32 Å². The standard InChI is InChI=1S/C18H20ClN3O6S2/c1-3-22(4-2)30(26,27)11-5-6-14(19)13(9-11)18(25)28-10-15(23)21-17-12(16(20)24)7-8-29-17/h5-9H,3-4,10H2,1-2H3,(H2,20,24)(H,21,23). The topological polar surface area (TPSA) is 136 Å². The summed E-state index contributed by atoms with van der Waals surface area (Å²) < 4.78 is 31.5. The summed E-state index contributed by atoms with van der Waals surface area (Å²) in [4.78, 5) is 35.6. The van der Waals surface area contributed by atoms with E-state index in [1.54, 1.807) is 19.2 Å². The Bertz CT molecular complexity index is 1060. The van der Waals surface area contributed by atoms with E-state index in [1.165, 1.54) is 22.5 Å². The predicted molar refractivity (Wildman–Crippen MR) is 113 cm³/mol. The van der Waals surface area contributed by atoms with Crippen molar-refractivity contribution >= 4 is 55.7 Å². The maximum absolute atomic E-state index is 12.6. The molecule has 9 nitrogen and oxygen atoms in total. The van der Waals surface area contributed by atoms with E-state index < -0.39 is 34.4 Å². The number of benzene rings is 1. The molecule has 0 unspecified atom stereocenters. The zero-order valence-corrected chi connectivity index (χ0v) is 18.6. The van der Waals surface area contributed by atoms with Crippen LogP contribution in [0.25, 0.3) is 0 Å². The van der Waals surface area contributed by atoms with Gasteiger partial charge in [0.2, 0.25) is 10.0 Å². The molecule has 0 atom stereocenters. The molecule has 0 saturated heterocycles. The van der Waals surface area contributed by atoms with Crippen molar-refractivity contribution in [3.05, 3.63) is 45.8 Å². The van der Waals surface area contributed by atoms with Gasteiger partial charge >= 0.3 is 5.97 Å². The van der Waals surface area contributed by atoms with E-state index >= 15 is 0 Å². The third-order valence-electron chi connectivity index (χ3n) is 4.02. The molecule has 0 aliphatic carbocycles. The second-order valence-corrected chi connectivity index (χ2v) is 9.14. The molecular weight excluding hydrogens is 454 g/mol. The highest BCUT2D eigenvalue weighted by atomic mass is 35.5. The van der Waals surface area contributed by atoms with Crippen LogP contribution in [0.5, 0.6) is 0 Å². The SMILES string of the molecule is CCN(CC)S(=O)(=O)c1ccc(Cl)c(C(=O)OCC(=O)Nc2sccc2C(N)=O)c1. The second-order valence-electron chi connectivity index (χ2n) is 5.88. The molecule has 12 heteroatoms. The Morgan fingerprint density at radius 2 is 1.83 bits per heavy atom. The largest absolute Gasteiger partial charge is 0.452 e. The van der Waals surface area contributed by atoms with E-state index in [9.17, 15) is 22.8 Å². The molecule has 162 valence electrons. The van der Waals surface area contributed by atoms with Crippen LogP contribution in [0, 0.1) is 0 Å². The molecule has 0 aliphatic rings. The van der Waals surface area contributed by atoms with Crippen molar-refractivity contribution in [1.82, 2.24) is 4.31 Å². The van der Waals surface area contributed by atoms with Gasteiger partial charge in [0.05, 0.1) is 21.0 Å². The number of nitrogens with zero attached hydrogens (tertiary/aromatic N) is 1. The summed E-state index contributed by atoms with van der Waals surface area (Å²) >= 11 is 7.10. The molecule has 0 saturated carbocycles. The van der Waals surface area contributed by atoms with Crippen molar-refractivity contribution < 1.29 is 27.5 Å². The van der Waals surface area contributed by atoms with Gasteiger partial charge in [-0.2, -0.15) is 4.31 Å². The number of nitrogens with two attached hydrogens (primary N) is 1. The number of anilines is 1. The molecule has 3 N–H and O–H groups in total. The summed E-state index contributed by atoms with van der Waals surface area (Å²) in [5, 5.41) is 4.21. The minimum absolute atomic E-state index is 0.0202. The third kappa shape index (κ3) is 5.36. The minimum atomic E-state index is -3.81. The lowest BCUT2D eigenvalue weighted by molar-refractivity contribution is -0.119. The number of ether oxygens (including phenoxy) is 1. The summed E-state index contributed by atoms with van der Waals surface area (Å²) in [6, 6.07) is 5.14. The number of hydrogen-bond acceptors (Lipinski definition) is 7. The van der Waals surface area contributed by atoms with Crippen molar-refractivity contribution in [3.63, 3.8) is 0 Å². The molecule has 1 aromatic carbocycles. The first-order valence-corrected chi connectivity index (χ1v) is 11.5. The summed E-state index contributed by atoms with van der Waals surface area (Å²) in [7, 11) is -3.81. The normalized spacial score (nSPS) is 11.3. The summed E-state index contributed by atoms with van der Waals surface area (Å²) in [6.07, 6.45) is 0. The Morgan fingerprint density at radius 1 is 1.17 bits per heavy atom. The highest BCUT2D eigenvalue weighted by Gasteiger charge is 2.24. The van der Waals surface area contributed by atoms with Crippen LogP contribution in [0.3, 0.4) is 0 Å². The van der Waals surface area contributed by atoms with Crippen LogP contribution in [-0.4, -0.2) is 50.2 Å². The molecule has 0 radical (unpaired) electrons. The highest BCUT2D eigenvalue weighted by Crippen LogP contribution is 2.24. The molecule has 0 spiro atoms. The summed E-state index contributed by atoms with van der Waals surface area (Å²) in [5.41, 5.74) is 5.15. The van der Waals surface area contributed by atoms with Gasteiger partial charge in [-0.25, -0.2) is 13.2 Å². The van der Waals surface area contributed by atoms with E-state index in [0.29, 0.717) is 0 Å². The molecule has 1 heterocycles. The summed E-state index contributed by atoms with van der Waals surface area (Å²) in [5.74, 6) is -2.37. The fourth-order valence-corrected chi connectivity index (χ4v) is 4.99. The number of nitrogens with one attached hydrogen (secondary N) is 1. The number of rotatable bonds is 9. The van der Waals surface area contributed by atoms with Gasteiger partial charge < -0.3 is 15.8 Å². The summed E-state index contributed by atoms with van der Waals surface area (Å²) in [6.45, 7) is 3.25. The average molecular weight is 474 g/mol. The van der Waals surface area contributed by atoms with Crippen molar-refractivity contribution in [2.45, 2.75) is 18.7 Å². The van der Waals surface area contributed by atoms with E-state index in [4.69, 9.17) is 22.1 Å². The maximum Gasteiger partial charge on any atom is 0.340 e. The van der Waals surface area contributed by atoms with Crippen LogP contribution in [0.1, 0.15) is 34.6 Å². The number of halogens is 1. The number of primary amides is 1. The van der Waals surface area contributed by atoms with Crippen LogP contribution >= 0.6 is 22.9 Å². The van der Waals surface area contributed by atoms with E-state index in [1.807, 2.05) is 0 Å². The lowest BCUT2D eigenvalue weighted by Crippen LogP contribution is -2.30. The number of amides is 2. The van der Waals surface area contributed by atoms with Gasteiger partial charge in [-0.1, -0.05) is 25.4 Å². The van der Waals surface area contributed by atoms with Crippen LogP contribution < -0.4 is 11.1 Å². The Hall–Kier alpha value is -2.47. The first-order chi connectivity index (χ1) is 14.1. The van der Waals surface area contributed by atoms with Gasteiger partial charge in [0, 0.05) is 13.1 Å². The molecule has 0 fully saturated rings. The molecule has 0 aliphatic heterocycles. The van der Waals surface area contributed by atoms with Crippen molar-refractivity contribution in [2.75, 3.05) is 25.0 Å². The molecule has 2 amide bonds. The van der Waals surface area contributed by atoms with E-state index in [0.717, 1.165) is 17.4 Å². The molecule has 1 aromatic heterocycles. The molecule has 30 heavy (non-hydrogen) atoms. The number of esters is 1. The van der Waals surface area contributed by atoms with Crippen molar-refractivity contribution in [2.24, 2.45) is 5.73 Å². The Kier molecular flexibility index (Phi) is 7.96. The van der Waals surface area contributed by atoms with Gasteiger partial charge in [0.25, 0.3) is 11.8 Å². The van der Waals surface area contributed by atoms with Gasteiger partial charge in [0.1, 0.15) is 5.00 Å². The van der Waals surface area contributed by atoms with Gasteiger partial charge in [-0.05, 0) is 29.6 Å². The van der Waals surface area contributed by atoms with Crippen LogP contribution in [0.4, 0.5) is 5.00 Å². The zero-order chi connectivity index (χ0) is 22.5. The predicted octanol–water partition coefficient (Wildman–Crippen LogP) is 2.33. The van der Waals surface area contributed by atoms with Crippen LogP contribution in [0.15, 0.2) is 34.5 Å². The van der Waals surface area contributed by atoms with Crippen molar-refractivity contribution in [1.29, 1.82) is 0 Å². The molecule has 2 rings (SSSR count). The number of thiophene rings is 1. The maximum atomic E-state index is 12.6. The van der Waals surface area contributed by atoms with E-state index in [-0.39, 0.29) is 39.1 Å². The monoisotopic (exact) mass is 473 g/mol.